The van der Waals surface area contributed by atoms with Gasteiger partial charge in [-0.15, -0.1) is 0 Å². The number of allylic oxidation sites excluding steroid dienone is 2. The number of rotatable bonds is 5. The van der Waals surface area contributed by atoms with Crippen molar-refractivity contribution in [2.75, 3.05) is 0 Å². The Bertz CT molecular complexity index is 154. The van der Waals surface area contributed by atoms with Gasteiger partial charge in [0.05, 0.1) is 0 Å². The maximum atomic E-state index is 11.2. The fraction of sp³-hybridized carbons (Fsp3) is 0.727. The molecule has 12 heavy (non-hydrogen) atoms. The van der Waals surface area contributed by atoms with Crippen molar-refractivity contribution in [3.8, 4) is 0 Å². The van der Waals surface area contributed by atoms with Crippen LogP contribution in [0.15, 0.2) is 12.2 Å². The zero-order chi connectivity index (χ0) is 9.56. The third-order valence-corrected chi connectivity index (χ3v) is 1.64. The molecule has 0 atom stereocenters. The number of carbonyl (C=O) groups is 1. The fourth-order valence-corrected chi connectivity index (χ4v) is 0.814. The Kier molecular flexibility index (Phi) is 5.69. The molecule has 1 nitrogen and oxygen atoms in total. The molecule has 0 saturated heterocycles. The van der Waals surface area contributed by atoms with Gasteiger partial charge in [0.25, 0.3) is 0 Å². The Hall–Kier alpha value is -0.590. The first-order valence-corrected chi connectivity index (χ1v) is 4.73. The Balaban J connectivity index is 3.60. The van der Waals surface area contributed by atoms with Gasteiger partial charge in [-0.3, -0.25) is 4.79 Å². The van der Waals surface area contributed by atoms with Gasteiger partial charge >= 0.3 is 0 Å². The van der Waals surface area contributed by atoms with Crippen LogP contribution < -0.4 is 0 Å². The second kappa shape index (κ2) is 5.99. The van der Waals surface area contributed by atoms with Crippen molar-refractivity contribution in [1.29, 1.82) is 0 Å². The van der Waals surface area contributed by atoms with Gasteiger partial charge < -0.3 is 0 Å². The molecule has 0 bridgehead atoms. The van der Waals surface area contributed by atoms with Crippen molar-refractivity contribution in [2.45, 2.75) is 40.5 Å². The van der Waals surface area contributed by atoms with E-state index in [-0.39, 0.29) is 5.78 Å². The average Bonchev–Trinajstić information content (AvgIpc) is 1.96. The SMILES string of the molecule is CC(C)C=CC(=O)CCC(C)C. The lowest BCUT2D eigenvalue weighted by atomic mass is 10.0. The van der Waals surface area contributed by atoms with Gasteiger partial charge in [-0.25, -0.2) is 0 Å². The van der Waals surface area contributed by atoms with Gasteiger partial charge in [0, 0.05) is 6.42 Å². The quantitative estimate of drug-likeness (QED) is 0.576. The monoisotopic (exact) mass is 168 g/mol. The van der Waals surface area contributed by atoms with Crippen molar-refractivity contribution in [2.24, 2.45) is 11.8 Å². The van der Waals surface area contributed by atoms with Gasteiger partial charge in [0.2, 0.25) is 0 Å². The minimum absolute atomic E-state index is 0.261. The van der Waals surface area contributed by atoms with Crippen LogP contribution in [0.3, 0.4) is 0 Å². The highest BCUT2D eigenvalue weighted by Crippen LogP contribution is 2.05. The summed E-state index contributed by atoms with van der Waals surface area (Å²) in [6.45, 7) is 8.43. The molecular formula is C11H20O. The highest BCUT2D eigenvalue weighted by Gasteiger charge is 1.99. The molecule has 0 fully saturated rings. The summed E-state index contributed by atoms with van der Waals surface area (Å²) in [4.78, 5) is 11.2. The highest BCUT2D eigenvalue weighted by atomic mass is 16.1. The molecule has 70 valence electrons. The predicted molar refractivity (Wildman–Crippen MR) is 53.1 cm³/mol. The predicted octanol–water partition coefficient (Wildman–Crippen LogP) is 3.20. The topological polar surface area (TPSA) is 17.1 Å². The molecular weight excluding hydrogens is 148 g/mol. The van der Waals surface area contributed by atoms with E-state index in [9.17, 15) is 4.79 Å². The van der Waals surface area contributed by atoms with Gasteiger partial charge in [0.15, 0.2) is 5.78 Å². The van der Waals surface area contributed by atoms with Gasteiger partial charge in [-0.2, -0.15) is 0 Å². The van der Waals surface area contributed by atoms with Gasteiger partial charge in [0.1, 0.15) is 0 Å². The maximum absolute atomic E-state index is 11.2. The molecule has 0 aliphatic carbocycles. The van der Waals surface area contributed by atoms with E-state index in [4.69, 9.17) is 0 Å². The summed E-state index contributed by atoms with van der Waals surface area (Å²) >= 11 is 0. The molecule has 0 heterocycles. The lowest BCUT2D eigenvalue weighted by molar-refractivity contribution is -0.114. The second-order valence-corrected chi connectivity index (χ2v) is 4.00. The van der Waals surface area contributed by atoms with Crippen molar-refractivity contribution in [3.05, 3.63) is 12.2 Å². The molecule has 0 aromatic rings. The van der Waals surface area contributed by atoms with Crippen molar-refractivity contribution < 1.29 is 4.79 Å². The molecule has 0 amide bonds. The molecule has 0 saturated carbocycles. The van der Waals surface area contributed by atoms with Crippen molar-refractivity contribution in [1.82, 2.24) is 0 Å². The average molecular weight is 168 g/mol. The zero-order valence-corrected chi connectivity index (χ0v) is 8.63. The van der Waals surface area contributed by atoms with E-state index < -0.39 is 0 Å². The number of hydrogen-bond acceptors (Lipinski definition) is 1. The van der Waals surface area contributed by atoms with E-state index in [1.165, 1.54) is 0 Å². The lowest BCUT2D eigenvalue weighted by Crippen LogP contribution is -1.96. The first-order valence-electron chi connectivity index (χ1n) is 4.73. The van der Waals surface area contributed by atoms with Gasteiger partial charge in [-0.05, 0) is 24.3 Å². The van der Waals surface area contributed by atoms with E-state index in [2.05, 4.69) is 27.7 Å². The van der Waals surface area contributed by atoms with Crippen LogP contribution in [0, 0.1) is 11.8 Å². The number of hydrogen-bond donors (Lipinski definition) is 0. The first-order chi connectivity index (χ1) is 5.52. The Labute approximate surface area is 75.9 Å². The molecule has 0 aromatic carbocycles. The van der Waals surface area contributed by atoms with Crippen LogP contribution in [-0.4, -0.2) is 5.78 Å². The van der Waals surface area contributed by atoms with Crippen LogP contribution >= 0.6 is 0 Å². The van der Waals surface area contributed by atoms with Crippen molar-refractivity contribution in [3.63, 3.8) is 0 Å². The fourth-order valence-electron chi connectivity index (χ4n) is 0.814. The third-order valence-electron chi connectivity index (χ3n) is 1.64. The van der Waals surface area contributed by atoms with Crippen molar-refractivity contribution >= 4 is 5.78 Å². The smallest absolute Gasteiger partial charge is 0.155 e. The molecule has 0 aliphatic heterocycles. The molecule has 0 spiro atoms. The van der Waals surface area contributed by atoms with E-state index in [0.29, 0.717) is 18.3 Å². The summed E-state index contributed by atoms with van der Waals surface area (Å²) in [5.41, 5.74) is 0. The summed E-state index contributed by atoms with van der Waals surface area (Å²) in [6, 6.07) is 0. The maximum Gasteiger partial charge on any atom is 0.155 e. The molecule has 0 radical (unpaired) electrons. The van der Waals surface area contributed by atoms with E-state index in [1.807, 2.05) is 6.08 Å². The van der Waals surface area contributed by atoms with E-state index in [0.717, 1.165) is 6.42 Å². The second-order valence-electron chi connectivity index (χ2n) is 4.00. The molecule has 0 aromatic heterocycles. The summed E-state index contributed by atoms with van der Waals surface area (Å²) in [5.74, 6) is 1.37. The zero-order valence-electron chi connectivity index (χ0n) is 8.63. The van der Waals surface area contributed by atoms with Crippen LogP contribution in [0.25, 0.3) is 0 Å². The Morgan fingerprint density at radius 1 is 1.25 bits per heavy atom. The van der Waals surface area contributed by atoms with E-state index >= 15 is 0 Å². The van der Waals surface area contributed by atoms with Crippen LogP contribution in [0.2, 0.25) is 0 Å². The largest absolute Gasteiger partial charge is 0.295 e. The van der Waals surface area contributed by atoms with Crippen LogP contribution in [-0.2, 0) is 4.79 Å². The van der Waals surface area contributed by atoms with Crippen LogP contribution in [0.1, 0.15) is 40.5 Å². The van der Waals surface area contributed by atoms with Crippen LogP contribution in [0.5, 0.6) is 0 Å². The summed E-state index contributed by atoms with van der Waals surface area (Å²) in [5, 5.41) is 0. The third kappa shape index (κ3) is 7.52. The Morgan fingerprint density at radius 2 is 1.83 bits per heavy atom. The van der Waals surface area contributed by atoms with Crippen LogP contribution in [0.4, 0.5) is 0 Å². The molecule has 0 rings (SSSR count). The molecule has 0 N–H and O–H groups in total. The summed E-state index contributed by atoms with van der Waals surface area (Å²) in [7, 11) is 0. The molecule has 0 unspecified atom stereocenters. The summed E-state index contributed by atoms with van der Waals surface area (Å²) < 4.78 is 0. The lowest BCUT2D eigenvalue weighted by Gasteiger charge is -2.00. The highest BCUT2D eigenvalue weighted by molar-refractivity contribution is 5.89. The normalized spacial score (nSPS) is 11.8. The minimum Gasteiger partial charge on any atom is -0.295 e. The molecule has 1 heteroatoms. The Morgan fingerprint density at radius 3 is 2.25 bits per heavy atom. The standard InChI is InChI=1S/C11H20O/c1-9(2)5-7-11(12)8-6-10(3)4/h5,7,9-10H,6,8H2,1-4H3. The summed E-state index contributed by atoms with van der Waals surface area (Å²) in [6.07, 6.45) is 5.37. The number of ketones is 1. The first kappa shape index (κ1) is 11.4. The minimum atomic E-state index is 0.261. The van der Waals surface area contributed by atoms with Gasteiger partial charge in [-0.1, -0.05) is 33.8 Å². The van der Waals surface area contributed by atoms with E-state index in [1.54, 1.807) is 6.08 Å². The number of carbonyl (C=O) groups excluding carboxylic acids is 1. The molecule has 0 aliphatic rings.